The van der Waals surface area contributed by atoms with Gasteiger partial charge >= 0.3 is 0 Å². The maximum Gasteiger partial charge on any atom is 0.251 e. The van der Waals surface area contributed by atoms with Crippen LogP contribution >= 0.6 is 12.2 Å². The van der Waals surface area contributed by atoms with Crippen LogP contribution in [0.5, 0.6) is 0 Å². The van der Waals surface area contributed by atoms with Crippen molar-refractivity contribution in [1.82, 2.24) is 9.80 Å². The Kier molecular flexibility index (Phi) is 3.16. The summed E-state index contributed by atoms with van der Waals surface area (Å²) in [6, 6.07) is -0.453. The molecule has 1 aromatic carbocycles. The largest absolute Gasteiger partial charge is 0.336 e. The number of hydrogen-bond donors (Lipinski definition) is 0. The number of carbonyl (C=O) groups is 1. The number of rotatable bonds is 1. The zero-order valence-corrected chi connectivity index (χ0v) is 11.7. The third kappa shape index (κ3) is 1.92. The number of thiocarbonyl (C=S) groups is 1. The summed E-state index contributed by atoms with van der Waals surface area (Å²) in [5.74, 6) is -6.81. The van der Waals surface area contributed by atoms with Crippen LogP contribution < -0.4 is 0 Å². The van der Waals surface area contributed by atoms with Crippen molar-refractivity contribution in [3.63, 3.8) is 0 Å². The van der Waals surface area contributed by atoms with Crippen LogP contribution in [0.3, 0.4) is 0 Å². The first-order chi connectivity index (χ1) is 9.82. The summed E-state index contributed by atoms with van der Waals surface area (Å²) >= 11 is 5.07. The number of halogens is 4. The number of carbonyl (C=O) groups excluding carboxylic acids is 1. The predicted octanol–water partition coefficient (Wildman–Crippen LogP) is 2.16. The van der Waals surface area contributed by atoms with Crippen LogP contribution in [-0.2, 0) is 4.79 Å². The van der Waals surface area contributed by atoms with Crippen LogP contribution in [-0.4, -0.2) is 40.5 Å². The van der Waals surface area contributed by atoms with Crippen LogP contribution in [0.25, 0.3) is 0 Å². The van der Waals surface area contributed by atoms with E-state index in [2.05, 4.69) is 0 Å². The maximum absolute atomic E-state index is 13.8. The average Bonchev–Trinajstić information content (AvgIpc) is 2.94. The quantitative estimate of drug-likeness (QED) is 0.450. The van der Waals surface area contributed by atoms with Crippen molar-refractivity contribution in [2.45, 2.75) is 18.4 Å². The lowest BCUT2D eigenvalue weighted by molar-refractivity contribution is -0.126. The standard InChI is InChI=1S/C13H10F4N2OS/c1-18-12(20)8-2-5(4-19(8)13(18)21)9-10(16)6(14)3-7(15)11(9)17/h3,5,8H,2,4H2,1H3/t5-,8?/m0/s1. The molecule has 0 bridgehead atoms. The first-order valence-electron chi connectivity index (χ1n) is 6.24. The van der Waals surface area contributed by atoms with Crippen molar-refractivity contribution in [3.05, 3.63) is 34.9 Å². The van der Waals surface area contributed by atoms with E-state index in [0.717, 1.165) is 0 Å². The van der Waals surface area contributed by atoms with E-state index in [4.69, 9.17) is 12.2 Å². The van der Waals surface area contributed by atoms with E-state index < -0.39 is 40.8 Å². The Bertz CT molecular complexity index is 616. The van der Waals surface area contributed by atoms with Gasteiger partial charge in [-0.3, -0.25) is 9.69 Å². The van der Waals surface area contributed by atoms with Gasteiger partial charge in [0.2, 0.25) is 0 Å². The highest BCUT2D eigenvalue weighted by Gasteiger charge is 2.48. The molecule has 0 aliphatic carbocycles. The SMILES string of the molecule is CN1C(=O)C2C[C@H](c3c(F)c(F)cc(F)c3F)CN2C1=S. The van der Waals surface area contributed by atoms with E-state index in [9.17, 15) is 22.4 Å². The van der Waals surface area contributed by atoms with Gasteiger partial charge in [0.1, 0.15) is 6.04 Å². The molecule has 2 aliphatic rings. The first-order valence-corrected chi connectivity index (χ1v) is 6.64. The van der Waals surface area contributed by atoms with Gasteiger partial charge in [-0.2, -0.15) is 0 Å². The fourth-order valence-electron chi connectivity index (χ4n) is 2.95. The second-order valence-electron chi connectivity index (χ2n) is 5.16. The highest BCUT2D eigenvalue weighted by atomic mass is 32.1. The van der Waals surface area contributed by atoms with Gasteiger partial charge in [-0.1, -0.05) is 0 Å². The van der Waals surface area contributed by atoms with Gasteiger partial charge in [0.25, 0.3) is 5.91 Å². The minimum Gasteiger partial charge on any atom is -0.336 e. The van der Waals surface area contributed by atoms with Gasteiger partial charge in [0.15, 0.2) is 28.4 Å². The Morgan fingerprint density at radius 2 is 1.76 bits per heavy atom. The maximum atomic E-state index is 13.8. The number of benzene rings is 1. The van der Waals surface area contributed by atoms with Gasteiger partial charge in [0, 0.05) is 31.1 Å². The summed E-state index contributed by atoms with van der Waals surface area (Å²) in [4.78, 5) is 14.8. The summed E-state index contributed by atoms with van der Waals surface area (Å²) in [5.41, 5.74) is -0.653. The van der Waals surface area contributed by atoms with Crippen molar-refractivity contribution >= 4 is 23.2 Å². The monoisotopic (exact) mass is 318 g/mol. The third-order valence-electron chi connectivity index (χ3n) is 4.00. The molecule has 3 nitrogen and oxygen atoms in total. The minimum absolute atomic E-state index is 0.0519. The van der Waals surface area contributed by atoms with E-state index in [0.29, 0.717) is 0 Å². The molecule has 0 N–H and O–H groups in total. The molecule has 2 heterocycles. The highest BCUT2D eigenvalue weighted by molar-refractivity contribution is 7.80. The van der Waals surface area contributed by atoms with E-state index in [1.54, 1.807) is 0 Å². The summed E-state index contributed by atoms with van der Waals surface area (Å²) in [6.07, 6.45) is 0.0695. The Hall–Kier alpha value is -1.70. The molecule has 1 amide bonds. The van der Waals surface area contributed by atoms with Crippen LogP contribution in [0.2, 0.25) is 0 Å². The van der Waals surface area contributed by atoms with E-state index in [-0.39, 0.29) is 30.1 Å². The predicted molar refractivity (Wildman–Crippen MR) is 69.5 cm³/mol. The van der Waals surface area contributed by atoms with Crippen molar-refractivity contribution in [2.75, 3.05) is 13.6 Å². The van der Waals surface area contributed by atoms with Crippen molar-refractivity contribution in [1.29, 1.82) is 0 Å². The molecule has 8 heteroatoms. The number of likely N-dealkylation sites (N-methyl/N-ethyl adjacent to an activating group) is 1. The molecular weight excluding hydrogens is 308 g/mol. The molecule has 0 spiro atoms. The van der Waals surface area contributed by atoms with Crippen molar-refractivity contribution in [3.8, 4) is 0 Å². The van der Waals surface area contributed by atoms with E-state index in [1.165, 1.54) is 16.8 Å². The second-order valence-corrected chi connectivity index (χ2v) is 5.53. The Labute approximate surface area is 123 Å². The smallest absolute Gasteiger partial charge is 0.251 e. The topological polar surface area (TPSA) is 23.6 Å². The van der Waals surface area contributed by atoms with Crippen LogP contribution in [0.1, 0.15) is 17.9 Å². The van der Waals surface area contributed by atoms with Crippen LogP contribution in [0.15, 0.2) is 6.07 Å². The zero-order chi connectivity index (χ0) is 15.5. The van der Waals surface area contributed by atoms with Crippen LogP contribution in [0, 0.1) is 23.3 Å². The number of hydrogen-bond acceptors (Lipinski definition) is 2. The molecule has 1 aromatic rings. The second kappa shape index (κ2) is 4.66. The first kappa shape index (κ1) is 14.2. The molecule has 112 valence electrons. The van der Waals surface area contributed by atoms with Crippen molar-refractivity contribution < 1.29 is 22.4 Å². The fourth-order valence-corrected chi connectivity index (χ4v) is 3.24. The fraction of sp³-hybridized carbons (Fsp3) is 0.385. The summed E-state index contributed by atoms with van der Waals surface area (Å²) in [5, 5.41) is 0.255. The van der Waals surface area contributed by atoms with Gasteiger partial charge in [0.05, 0.1) is 0 Å². The molecule has 3 rings (SSSR count). The van der Waals surface area contributed by atoms with Gasteiger partial charge < -0.3 is 4.90 Å². The molecule has 0 aromatic heterocycles. The molecule has 2 saturated heterocycles. The third-order valence-corrected chi connectivity index (χ3v) is 4.51. The Morgan fingerprint density at radius 1 is 1.19 bits per heavy atom. The summed E-state index contributed by atoms with van der Waals surface area (Å²) < 4.78 is 54.2. The van der Waals surface area contributed by atoms with E-state index in [1.807, 2.05) is 0 Å². The summed E-state index contributed by atoms with van der Waals surface area (Å²) in [6.45, 7) is 0.0519. The molecule has 2 atom stereocenters. The number of fused-ring (bicyclic) bond motifs is 1. The Balaban J connectivity index is 1.99. The van der Waals surface area contributed by atoms with Gasteiger partial charge in [-0.15, -0.1) is 0 Å². The van der Waals surface area contributed by atoms with Gasteiger partial charge in [-0.25, -0.2) is 17.6 Å². The number of nitrogens with zero attached hydrogens (tertiary/aromatic N) is 2. The lowest BCUT2D eigenvalue weighted by Crippen LogP contribution is -2.30. The lowest BCUT2D eigenvalue weighted by Gasteiger charge is -2.18. The molecule has 2 aliphatic heterocycles. The average molecular weight is 318 g/mol. The van der Waals surface area contributed by atoms with Crippen molar-refractivity contribution in [2.24, 2.45) is 0 Å². The number of amides is 1. The molecule has 0 radical (unpaired) electrons. The lowest BCUT2D eigenvalue weighted by atomic mass is 9.94. The molecule has 21 heavy (non-hydrogen) atoms. The summed E-state index contributed by atoms with van der Waals surface area (Å²) in [7, 11) is 1.51. The highest BCUT2D eigenvalue weighted by Crippen LogP contribution is 2.39. The zero-order valence-electron chi connectivity index (χ0n) is 10.9. The van der Waals surface area contributed by atoms with Crippen LogP contribution in [0.4, 0.5) is 17.6 Å². The minimum atomic E-state index is -1.44. The van der Waals surface area contributed by atoms with Gasteiger partial charge in [-0.05, 0) is 18.6 Å². The molecular formula is C13H10F4N2OS. The normalized spacial score (nSPS) is 25.0. The van der Waals surface area contributed by atoms with E-state index >= 15 is 0 Å². The molecule has 2 fully saturated rings. The molecule has 1 unspecified atom stereocenters. The molecule has 0 saturated carbocycles. The Morgan fingerprint density at radius 3 is 2.29 bits per heavy atom.